The van der Waals surface area contributed by atoms with Gasteiger partial charge in [0.25, 0.3) is 0 Å². The van der Waals surface area contributed by atoms with Gasteiger partial charge in [-0.2, -0.15) is 0 Å². The molecule has 0 spiro atoms. The Labute approximate surface area is 120 Å². The molecule has 3 N–H and O–H groups in total. The van der Waals surface area contributed by atoms with E-state index in [2.05, 4.69) is 13.8 Å². The van der Waals surface area contributed by atoms with Crippen molar-refractivity contribution >= 4 is 5.91 Å². The molecule has 4 atom stereocenters. The summed E-state index contributed by atoms with van der Waals surface area (Å²) >= 11 is 0. The van der Waals surface area contributed by atoms with E-state index < -0.39 is 5.54 Å². The number of hydrogen-bond acceptors (Lipinski definition) is 4. The number of hydrogen-bond donors (Lipinski definition) is 2. The van der Waals surface area contributed by atoms with Crippen molar-refractivity contribution in [2.45, 2.75) is 44.8 Å². The zero-order valence-electron chi connectivity index (χ0n) is 12.5. The first-order valence-electron chi connectivity index (χ1n) is 7.73. The second kappa shape index (κ2) is 4.68. The third-order valence-corrected chi connectivity index (χ3v) is 5.87. The Balaban J connectivity index is 1.79. The first-order chi connectivity index (χ1) is 9.42. The van der Waals surface area contributed by atoms with Gasteiger partial charge < -0.3 is 20.5 Å². The minimum Gasteiger partial charge on any atom is -0.396 e. The van der Waals surface area contributed by atoms with E-state index in [-0.39, 0.29) is 35.9 Å². The van der Waals surface area contributed by atoms with Gasteiger partial charge >= 0.3 is 0 Å². The highest BCUT2D eigenvalue weighted by atomic mass is 16.5. The van der Waals surface area contributed by atoms with Crippen LogP contribution in [0.25, 0.3) is 0 Å². The number of fused-ring (bicyclic) bond motifs is 1. The van der Waals surface area contributed by atoms with E-state index in [9.17, 15) is 9.90 Å². The van der Waals surface area contributed by atoms with Crippen molar-refractivity contribution in [3.63, 3.8) is 0 Å². The molecule has 0 aromatic rings. The van der Waals surface area contributed by atoms with E-state index >= 15 is 0 Å². The number of ether oxygens (including phenoxy) is 1. The van der Waals surface area contributed by atoms with Gasteiger partial charge in [-0.25, -0.2) is 0 Å². The molecule has 2 aliphatic heterocycles. The summed E-state index contributed by atoms with van der Waals surface area (Å²) in [5.41, 5.74) is 5.50. The highest BCUT2D eigenvalue weighted by molar-refractivity contribution is 5.89. The summed E-state index contributed by atoms with van der Waals surface area (Å²) in [4.78, 5) is 14.8. The molecular weight excluding hydrogens is 256 g/mol. The highest BCUT2D eigenvalue weighted by Crippen LogP contribution is 2.58. The van der Waals surface area contributed by atoms with Crippen LogP contribution in [-0.4, -0.2) is 53.9 Å². The molecule has 20 heavy (non-hydrogen) atoms. The molecule has 3 fully saturated rings. The lowest BCUT2D eigenvalue weighted by molar-refractivity contribution is -0.229. The van der Waals surface area contributed by atoms with Crippen molar-refractivity contribution in [1.29, 1.82) is 0 Å². The van der Waals surface area contributed by atoms with Crippen molar-refractivity contribution in [2.24, 2.45) is 23.0 Å². The first-order valence-corrected chi connectivity index (χ1v) is 7.73. The standard InChI is InChI=1S/C15H26N2O3/c1-14(2)12-11(4-3-7-20-12)15(14,16)13(19)17-6-5-10(8-17)9-18/h10-12,18H,3-9,16H2,1-2H3. The van der Waals surface area contributed by atoms with Crippen molar-refractivity contribution in [1.82, 2.24) is 4.90 Å². The number of nitrogens with two attached hydrogens (primary N) is 1. The molecule has 0 radical (unpaired) electrons. The number of aliphatic hydroxyl groups is 1. The largest absolute Gasteiger partial charge is 0.396 e. The Hall–Kier alpha value is -0.650. The predicted octanol–water partition coefficient (Wildman–Crippen LogP) is 0.360. The molecule has 1 amide bonds. The van der Waals surface area contributed by atoms with E-state index in [1.165, 1.54) is 0 Å². The zero-order valence-corrected chi connectivity index (χ0v) is 12.5. The molecule has 1 saturated carbocycles. The number of likely N-dealkylation sites (tertiary alicyclic amines) is 1. The topological polar surface area (TPSA) is 75.8 Å². The Morgan fingerprint density at radius 2 is 2.20 bits per heavy atom. The molecule has 5 nitrogen and oxygen atoms in total. The average Bonchev–Trinajstić information content (AvgIpc) is 2.94. The fourth-order valence-electron chi connectivity index (χ4n) is 4.44. The summed E-state index contributed by atoms with van der Waals surface area (Å²) in [6.07, 6.45) is 2.96. The molecule has 4 unspecified atom stereocenters. The Kier molecular flexibility index (Phi) is 3.35. The third-order valence-electron chi connectivity index (χ3n) is 5.87. The molecule has 2 saturated heterocycles. The molecule has 0 aromatic carbocycles. The van der Waals surface area contributed by atoms with Crippen molar-refractivity contribution in [2.75, 3.05) is 26.3 Å². The van der Waals surface area contributed by atoms with E-state index in [4.69, 9.17) is 10.5 Å². The minimum atomic E-state index is -0.803. The van der Waals surface area contributed by atoms with E-state index in [1.54, 1.807) is 0 Å². The second-order valence-corrected chi connectivity index (χ2v) is 7.22. The first kappa shape index (κ1) is 14.3. The minimum absolute atomic E-state index is 0.0604. The van der Waals surface area contributed by atoms with E-state index in [1.807, 2.05) is 4.90 Å². The lowest BCUT2D eigenvalue weighted by Crippen LogP contribution is -2.82. The van der Waals surface area contributed by atoms with Crippen molar-refractivity contribution in [3.8, 4) is 0 Å². The Morgan fingerprint density at radius 1 is 1.45 bits per heavy atom. The van der Waals surface area contributed by atoms with Gasteiger partial charge in [0.1, 0.15) is 5.54 Å². The van der Waals surface area contributed by atoms with Crippen LogP contribution in [0, 0.1) is 17.3 Å². The lowest BCUT2D eigenvalue weighted by atomic mass is 9.46. The van der Waals surface area contributed by atoms with Gasteiger partial charge in [-0.15, -0.1) is 0 Å². The predicted molar refractivity (Wildman–Crippen MR) is 74.9 cm³/mol. The third kappa shape index (κ3) is 1.69. The van der Waals surface area contributed by atoms with Crippen LogP contribution in [0.4, 0.5) is 0 Å². The highest BCUT2D eigenvalue weighted by Gasteiger charge is 2.71. The summed E-state index contributed by atoms with van der Waals surface area (Å²) in [7, 11) is 0. The van der Waals surface area contributed by atoms with Crippen LogP contribution in [0.2, 0.25) is 0 Å². The molecule has 3 rings (SSSR count). The normalized spacial score (nSPS) is 43.0. The van der Waals surface area contributed by atoms with Crippen LogP contribution in [0.1, 0.15) is 33.1 Å². The van der Waals surface area contributed by atoms with E-state index in [0.717, 1.165) is 32.4 Å². The zero-order chi connectivity index (χ0) is 14.5. The van der Waals surface area contributed by atoms with Gasteiger partial charge in [0, 0.05) is 43.6 Å². The van der Waals surface area contributed by atoms with Gasteiger partial charge in [0.05, 0.1) is 6.10 Å². The second-order valence-electron chi connectivity index (χ2n) is 7.22. The number of carbonyl (C=O) groups is 1. The summed E-state index contributed by atoms with van der Waals surface area (Å²) in [6.45, 7) is 6.40. The average molecular weight is 282 g/mol. The quantitative estimate of drug-likeness (QED) is 0.767. The molecule has 2 heterocycles. The number of nitrogens with zero attached hydrogens (tertiary/aromatic N) is 1. The van der Waals surface area contributed by atoms with Crippen molar-refractivity contribution < 1.29 is 14.6 Å². The Morgan fingerprint density at radius 3 is 2.85 bits per heavy atom. The molecule has 5 heteroatoms. The molecule has 114 valence electrons. The number of rotatable bonds is 2. The van der Waals surface area contributed by atoms with Crippen LogP contribution in [-0.2, 0) is 9.53 Å². The van der Waals surface area contributed by atoms with Crippen LogP contribution < -0.4 is 5.73 Å². The van der Waals surface area contributed by atoms with Crippen LogP contribution >= 0.6 is 0 Å². The molecule has 0 bridgehead atoms. The SMILES string of the molecule is CC1(C)C2OCCCC2C1(N)C(=O)N1CCC(CO)C1. The van der Waals surface area contributed by atoms with Gasteiger partial charge in [0.2, 0.25) is 5.91 Å². The van der Waals surface area contributed by atoms with Crippen LogP contribution in [0.5, 0.6) is 0 Å². The maximum absolute atomic E-state index is 12.9. The summed E-state index contributed by atoms with van der Waals surface area (Å²) in [6, 6.07) is 0. The van der Waals surface area contributed by atoms with Gasteiger partial charge in [-0.3, -0.25) is 4.79 Å². The number of amides is 1. The van der Waals surface area contributed by atoms with Crippen LogP contribution in [0.3, 0.4) is 0 Å². The summed E-state index contributed by atoms with van der Waals surface area (Å²) < 4.78 is 5.85. The molecular formula is C15H26N2O3. The lowest BCUT2D eigenvalue weighted by Gasteiger charge is -2.65. The maximum atomic E-state index is 12.9. The van der Waals surface area contributed by atoms with Crippen molar-refractivity contribution in [3.05, 3.63) is 0 Å². The maximum Gasteiger partial charge on any atom is 0.243 e. The monoisotopic (exact) mass is 282 g/mol. The van der Waals surface area contributed by atoms with Gasteiger partial charge in [-0.1, -0.05) is 13.8 Å². The smallest absolute Gasteiger partial charge is 0.243 e. The molecule has 0 aromatic heterocycles. The van der Waals surface area contributed by atoms with Crippen LogP contribution in [0.15, 0.2) is 0 Å². The summed E-state index contributed by atoms with van der Waals surface area (Å²) in [5, 5.41) is 9.24. The van der Waals surface area contributed by atoms with E-state index in [0.29, 0.717) is 6.54 Å². The Bertz CT molecular complexity index is 412. The number of aliphatic hydroxyl groups excluding tert-OH is 1. The van der Waals surface area contributed by atoms with Gasteiger partial charge in [-0.05, 0) is 19.3 Å². The number of carbonyl (C=O) groups excluding carboxylic acids is 1. The molecule has 3 aliphatic rings. The summed E-state index contributed by atoms with van der Waals surface area (Å²) in [5.74, 6) is 0.418. The van der Waals surface area contributed by atoms with Gasteiger partial charge in [0.15, 0.2) is 0 Å². The molecule has 1 aliphatic carbocycles. The fourth-order valence-corrected chi connectivity index (χ4v) is 4.44. The fraction of sp³-hybridized carbons (Fsp3) is 0.933.